The molecule has 2 heterocycles. The zero-order valence-corrected chi connectivity index (χ0v) is 14.4. The van der Waals surface area contributed by atoms with Gasteiger partial charge in [-0.15, -0.1) is 0 Å². The summed E-state index contributed by atoms with van der Waals surface area (Å²) in [4.78, 5) is 50.7. The second-order valence-corrected chi connectivity index (χ2v) is 6.63. The van der Waals surface area contributed by atoms with Crippen LogP contribution in [0.3, 0.4) is 0 Å². The van der Waals surface area contributed by atoms with Gasteiger partial charge in [-0.1, -0.05) is 18.2 Å². The Morgan fingerprint density at radius 1 is 1.15 bits per heavy atom. The van der Waals surface area contributed by atoms with Crippen LogP contribution in [0.2, 0.25) is 0 Å². The zero-order chi connectivity index (χ0) is 19.3. The quantitative estimate of drug-likeness (QED) is 0.471. The smallest absolute Gasteiger partial charge is 0.270 e. The van der Waals surface area contributed by atoms with Crippen LogP contribution in [0.25, 0.3) is 0 Å². The third-order valence-corrected chi connectivity index (χ3v) is 4.93. The van der Waals surface area contributed by atoms with E-state index in [0.717, 1.165) is 22.2 Å². The number of hydrogen-bond acceptors (Lipinski definition) is 5. The molecule has 0 aromatic heterocycles. The van der Waals surface area contributed by atoms with Crippen molar-refractivity contribution in [1.29, 1.82) is 0 Å². The fourth-order valence-corrected chi connectivity index (χ4v) is 3.69. The van der Waals surface area contributed by atoms with E-state index in [2.05, 4.69) is 0 Å². The minimum Gasteiger partial charge on any atom is -0.307 e. The number of imide groups is 1. The van der Waals surface area contributed by atoms with Crippen molar-refractivity contribution < 1.29 is 19.3 Å². The van der Waals surface area contributed by atoms with Crippen LogP contribution >= 0.6 is 0 Å². The van der Waals surface area contributed by atoms with Gasteiger partial charge in [-0.25, -0.2) is 0 Å². The Labute approximate surface area is 154 Å². The number of hydrogen-bond donors (Lipinski definition) is 0. The number of carbonyl (C=O) groups is 3. The zero-order valence-electron chi connectivity index (χ0n) is 14.4. The van der Waals surface area contributed by atoms with Crippen LogP contribution in [-0.2, 0) is 11.2 Å². The Kier molecular flexibility index (Phi) is 3.76. The predicted molar refractivity (Wildman–Crippen MR) is 95.6 cm³/mol. The Balaban J connectivity index is 1.60. The lowest BCUT2D eigenvalue weighted by molar-refractivity contribution is -0.384. The summed E-state index contributed by atoms with van der Waals surface area (Å²) in [5.74, 6) is -1.66. The monoisotopic (exact) mass is 365 g/mol. The standard InChI is InChI=1S/C19H15N3O5/c1-11-8-12-4-2-3-5-16(12)21(11)17(23)10-20-18(24)14-7-6-13(22(26)27)9-15(14)19(20)25/h2-7,9,11H,8,10H2,1H3. The summed E-state index contributed by atoms with van der Waals surface area (Å²) in [6.07, 6.45) is 0.705. The highest BCUT2D eigenvalue weighted by Gasteiger charge is 2.40. The van der Waals surface area contributed by atoms with Gasteiger partial charge in [-0.2, -0.15) is 0 Å². The van der Waals surface area contributed by atoms with Crippen molar-refractivity contribution in [2.75, 3.05) is 11.4 Å². The summed E-state index contributed by atoms with van der Waals surface area (Å²) < 4.78 is 0. The number of nitrogens with zero attached hydrogens (tertiary/aromatic N) is 3. The van der Waals surface area contributed by atoms with Crippen molar-refractivity contribution in [2.24, 2.45) is 0 Å². The molecule has 0 fully saturated rings. The number of nitro groups is 1. The van der Waals surface area contributed by atoms with E-state index in [4.69, 9.17) is 0 Å². The summed E-state index contributed by atoms with van der Waals surface area (Å²) in [7, 11) is 0. The number of amides is 3. The minimum absolute atomic E-state index is 0.0446. The molecule has 0 aliphatic carbocycles. The van der Waals surface area contributed by atoms with Gasteiger partial charge in [0.1, 0.15) is 6.54 Å². The molecule has 4 rings (SSSR count). The molecule has 0 radical (unpaired) electrons. The Bertz CT molecular complexity index is 1020. The van der Waals surface area contributed by atoms with Gasteiger partial charge in [0.15, 0.2) is 0 Å². The average Bonchev–Trinajstić information content (AvgIpc) is 3.10. The molecular formula is C19H15N3O5. The maximum absolute atomic E-state index is 12.9. The SMILES string of the molecule is CC1Cc2ccccc2N1C(=O)CN1C(=O)c2ccc([N+](=O)[O-])cc2C1=O. The Morgan fingerprint density at radius 2 is 1.85 bits per heavy atom. The summed E-state index contributed by atoms with van der Waals surface area (Å²) in [6, 6.07) is 10.9. The molecule has 8 nitrogen and oxygen atoms in total. The van der Waals surface area contributed by atoms with Crippen molar-refractivity contribution in [1.82, 2.24) is 4.90 Å². The molecule has 0 saturated heterocycles. The third kappa shape index (κ3) is 2.57. The van der Waals surface area contributed by atoms with Crippen molar-refractivity contribution >= 4 is 29.1 Å². The van der Waals surface area contributed by atoms with E-state index in [1.807, 2.05) is 31.2 Å². The number of nitro benzene ring substituents is 1. The third-order valence-electron chi connectivity index (χ3n) is 4.93. The van der Waals surface area contributed by atoms with E-state index in [1.54, 1.807) is 4.90 Å². The lowest BCUT2D eigenvalue weighted by Gasteiger charge is -2.25. The van der Waals surface area contributed by atoms with Gasteiger partial charge in [0.25, 0.3) is 17.5 Å². The maximum atomic E-state index is 12.9. The van der Waals surface area contributed by atoms with E-state index in [-0.39, 0.29) is 28.8 Å². The minimum atomic E-state index is -0.688. The van der Waals surface area contributed by atoms with E-state index in [0.29, 0.717) is 6.42 Å². The first-order valence-corrected chi connectivity index (χ1v) is 8.43. The predicted octanol–water partition coefficient (Wildman–Crippen LogP) is 2.17. The molecular weight excluding hydrogens is 350 g/mol. The summed E-state index contributed by atoms with van der Waals surface area (Å²) in [6.45, 7) is 1.50. The average molecular weight is 365 g/mol. The molecule has 1 unspecified atom stereocenters. The van der Waals surface area contributed by atoms with Crippen LogP contribution in [0.5, 0.6) is 0 Å². The summed E-state index contributed by atoms with van der Waals surface area (Å²) in [5.41, 5.74) is 1.58. The molecule has 0 N–H and O–H groups in total. The molecule has 3 amide bonds. The molecule has 27 heavy (non-hydrogen) atoms. The summed E-state index contributed by atoms with van der Waals surface area (Å²) in [5, 5.41) is 10.9. The molecule has 8 heteroatoms. The topological polar surface area (TPSA) is 101 Å². The van der Waals surface area contributed by atoms with E-state index < -0.39 is 23.3 Å². The highest BCUT2D eigenvalue weighted by molar-refractivity contribution is 6.23. The van der Waals surface area contributed by atoms with Gasteiger partial charge in [0, 0.05) is 23.9 Å². The first-order chi connectivity index (χ1) is 12.9. The second kappa shape index (κ2) is 6.01. The van der Waals surface area contributed by atoms with Crippen LogP contribution in [-0.4, -0.2) is 40.1 Å². The maximum Gasteiger partial charge on any atom is 0.270 e. The number of fused-ring (bicyclic) bond motifs is 2. The molecule has 136 valence electrons. The number of benzene rings is 2. The molecule has 2 aromatic carbocycles. The van der Waals surface area contributed by atoms with Gasteiger partial charge in [-0.05, 0) is 31.0 Å². The number of non-ortho nitro benzene ring substituents is 1. The van der Waals surface area contributed by atoms with Crippen LogP contribution in [0.15, 0.2) is 42.5 Å². The van der Waals surface area contributed by atoms with Gasteiger partial charge in [-0.3, -0.25) is 29.4 Å². The van der Waals surface area contributed by atoms with Crippen molar-refractivity contribution in [3.05, 3.63) is 69.3 Å². The van der Waals surface area contributed by atoms with Crippen molar-refractivity contribution in [2.45, 2.75) is 19.4 Å². The van der Waals surface area contributed by atoms with Crippen molar-refractivity contribution in [3.8, 4) is 0 Å². The van der Waals surface area contributed by atoms with Gasteiger partial charge in [0.05, 0.1) is 16.1 Å². The number of rotatable bonds is 3. The molecule has 2 aromatic rings. The Hall–Kier alpha value is -3.55. The molecule has 0 spiro atoms. The lowest BCUT2D eigenvalue weighted by Crippen LogP contribution is -2.45. The molecule has 2 aliphatic heterocycles. The first kappa shape index (κ1) is 16.9. The second-order valence-electron chi connectivity index (χ2n) is 6.63. The number of para-hydroxylation sites is 1. The lowest BCUT2D eigenvalue weighted by atomic mass is 10.1. The fraction of sp³-hybridized carbons (Fsp3) is 0.211. The van der Waals surface area contributed by atoms with E-state index in [1.165, 1.54) is 12.1 Å². The normalized spacial score (nSPS) is 17.9. The van der Waals surface area contributed by atoms with E-state index in [9.17, 15) is 24.5 Å². The highest BCUT2D eigenvalue weighted by Crippen LogP contribution is 2.33. The van der Waals surface area contributed by atoms with Crippen LogP contribution in [0.4, 0.5) is 11.4 Å². The van der Waals surface area contributed by atoms with Crippen LogP contribution < -0.4 is 4.90 Å². The first-order valence-electron chi connectivity index (χ1n) is 8.43. The number of anilines is 1. The number of carbonyl (C=O) groups excluding carboxylic acids is 3. The van der Waals surface area contributed by atoms with Crippen LogP contribution in [0, 0.1) is 10.1 Å². The van der Waals surface area contributed by atoms with Crippen LogP contribution in [0.1, 0.15) is 33.2 Å². The molecule has 2 aliphatic rings. The largest absolute Gasteiger partial charge is 0.307 e. The Morgan fingerprint density at radius 3 is 2.59 bits per heavy atom. The van der Waals surface area contributed by atoms with Gasteiger partial charge >= 0.3 is 0 Å². The van der Waals surface area contributed by atoms with Crippen molar-refractivity contribution in [3.63, 3.8) is 0 Å². The highest BCUT2D eigenvalue weighted by atomic mass is 16.6. The summed E-state index contributed by atoms with van der Waals surface area (Å²) >= 11 is 0. The van der Waals surface area contributed by atoms with Gasteiger partial charge in [0.2, 0.25) is 5.91 Å². The molecule has 1 atom stereocenters. The van der Waals surface area contributed by atoms with E-state index >= 15 is 0 Å². The molecule has 0 bridgehead atoms. The molecule has 0 saturated carbocycles. The van der Waals surface area contributed by atoms with Gasteiger partial charge < -0.3 is 4.90 Å². The fourth-order valence-electron chi connectivity index (χ4n) is 3.69.